The highest BCUT2D eigenvalue weighted by Gasteiger charge is 2.10. The van der Waals surface area contributed by atoms with Crippen LogP contribution in [-0.2, 0) is 0 Å². The van der Waals surface area contributed by atoms with Crippen LogP contribution in [0, 0.1) is 5.82 Å². The number of rotatable bonds is 3. The van der Waals surface area contributed by atoms with Crippen molar-refractivity contribution in [2.75, 3.05) is 5.32 Å². The molecule has 4 heteroatoms. The second-order valence-corrected chi connectivity index (χ2v) is 3.77. The number of hydrogen-bond donors (Lipinski definition) is 2. The van der Waals surface area contributed by atoms with E-state index in [1.165, 1.54) is 6.07 Å². The van der Waals surface area contributed by atoms with Gasteiger partial charge in [0.1, 0.15) is 10.8 Å². The minimum atomic E-state index is -0.386. The van der Waals surface area contributed by atoms with Crippen LogP contribution in [0.25, 0.3) is 0 Å². The standard InChI is InChI=1S/C10H13FN2S/c1-6(2)13-8-5-3-4-7(11)9(8)10(12)14/h3-6,13H,1-2H3,(H2,12,14). The van der Waals surface area contributed by atoms with E-state index in [-0.39, 0.29) is 22.4 Å². The van der Waals surface area contributed by atoms with Crippen molar-refractivity contribution in [3.05, 3.63) is 29.6 Å². The van der Waals surface area contributed by atoms with Crippen molar-refractivity contribution in [3.63, 3.8) is 0 Å². The van der Waals surface area contributed by atoms with E-state index in [9.17, 15) is 4.39 Å². The van der Waals surface area contributed by atoms with Gasteiger partial charge in [-0.2, -0.15) is 0 Å². The van der Waals surface area contributed by atoms with Crippen molar-refractivity contribution in [3.8, 4) is 0 Å². The Morgan fingerprint density at radius 1 is 1.50 bits per heavy atom. The normalized spacial score (nSPS) is 10.3. The van der Waals surface area contributed by atoms with E-state index < -0.39 is 0 Å². The molecule has 0 saturated carbocycles. The number of halogens is 1. The molecule has 76 valence electrons. The Morgan fingerprint density at radius 2 is 2.14 bits per heavy atom. The lowest BCUT2D eigenvalue weighted by molar-refractivity contribution is 0.625. The van der Waals surface area contributed by atoms with Gasteiger partial charge in [0.05, 0.1) is 5.56 Å². The van der Waals surface area contributed by atoms with E-state index in [0.717, 1.165) is 0 Å². The van der Waals surface area contributed by atoms with Crippen LogP contribution in [0.15, 0.2) is 18.2 Å². The van der Waals surface area contributed by atoms with Crippen molar-refractivity contribution in [1.29, 1.82) is 0 Å². The summed E-state index contributed by atoms with van der Waals surface area (Å²) in [4.78, 5) is 0.0752. The second-order valence-electron chi connectivity index (χ2n) is 3.33. The number of nitrogens with one attached hydrogen (secondary N) is 1. The van der Waals surface area contributed by atoms with Crippen molar-refractivity contribution >= 4 is 22.9 Å². The average Bonchev–Trinajstić information content (AvgIpc) is 2.01. The molecule has 0 aliphatic carbocycles. The summed E-state index contributed by atoms with van der Waals surface area (Å²) in [6, 6.07) is 4.95. The third-order valence-corrected chi connectivity index (χ3v) is 1.91. The molecule has 1 aromatic rings. The summed E-state index contributed by atoms with van der Waals surface area (Å²) in [6.45, 7) is 3.93. The van der Waals surface area contributed by atoms with Crippen molar-refractivity contribution in [2.24, 2.45) is 5.73 Å². The first kappa shape index (κ1) is 10.9. The van der Waals surface area contributed by atoms with Gasteiger partial charge in [0, 0.05) is 11.7 Å². The minimum Gasteiger partial charge on any atom is -0.389 e. The summed E-state index contributed by atoms with van der Waals surface area (Å²) in [6.07, 6.45) is 0. The predicted molar refractivity (Wildman–Crippen MR) is 61.0 cm³/mol. The number of nitrogens with two attached hydrogens (primary N) is 1. The molecule has 2 nitrogen and oxygen atoms in total. The maximum Gasteiger partial charge on any atom is 0.135 e. The molecule has 0 unspecified atom stereocenters. The molecule has 1 aromatic carbocycles. The molecule has 0 spiro atoms. The summed E-state index contributed by atoms with van der Waals surface area (Å²) in [5.41, 5.74) is 6.38. The van der Waals surface area contributed by atoms with Crippen LogP contribution in [0.1, 0.15) is 19.4 Å². The largest absolute Gasteiger partial charge is 0.389 e. The van der Waals surface area contributed by atoms with Crippen molar-refractivity contribution < 1.29 is 4.39 Å². The Labute approximate surface area is 88.3 Å². The van der Waals surface area contributed by atoms with Gasteiger partial charge in [-0.15, -0.1) is 0 Å². The SMILES string of the molecule is CC(C)Nc1cccc(F)c1C(N)=S. The molecule has 0 aliphatic heterocycles. The van der Waals surface area contributed by atoms with Crippen LogP contribution in [-0.4, -0.2) is 11.0 Å². The van der Waals surface area contributed by atoms with Gasteiger partial charge in [0.15, 0.2) is 0 Å². The van der Waals surface area contributed by atoms with E-state index in [1.807, 2.05) is 13.8 Å². The molecule has 3 N–H and O–H groups in total. The van der Waals surface area contributed by atoms with E-state index in [0.29, 0.717) is 5.69 Å². The summed E-state index contributed by atoms with van der Waals surface area (Å²) < 4.78 is 13.3. The molecule has 0 saturated heterocycles. The van der Waals surface area contributed by atoms with Crippen molar-refractivity contribution in [1.82, 2.24) is 0 Å². The first-order chi connectivity index (χ1) is 6.52. The Balaban J connectivity index is 3.14. The van der Waals surface area contributed by atoms with Crippen LogP contribution < -0.4 is 11.1 Å². The van der Waals surface area contributed by atoms with Crippen LogP contribution in [0.5, 0.6) is 0 Å². The third-order valence-electron chi connectivity index (χ3n) is 1.70. The highest BCUT2D eigenvalue weighted by atomic mass is 32.1. The fourth-order valence-electron chi connectivity index (χ4n) is 1.21. The summed E-state index contributed by atoms with van der Waals surface area (Å²) in [5.74, 6) is -0.386. The quantitative estimate of drug-likeness (QED) is 0.755. The van der Waals surface area contributed by atoms with Gasteiger partial charge >= 0.3 is 0 Å². The highest BCUT2D eigenvalue weighted by molar-refractivity contribution is 7.80. The van der Waals surface area contributed by atoms with Gasteiger partial charge in [-0.1, -0.05) is 18.3 Å². The number of anilines is 1. The molecule has 0 aromatic heterocycles. The molecular formula is C10H13FN2S. The average molecular weight is 212 g/mol. The summed E-state index contributed by atoms with van der Waals surface area (Å²) in [7, 11) is 0. The highest BCUT2D eigenvalue weighted by Crippen LogP contribution is 2.19. The van der Waals surface area contributed by atoms with Gasteiger partial charge in [-0.3, -0.25) is 0 Å². The fraction of sp³-hybridized carbons (Fsp3) is 0.300. The Hall–Kier alpha value is -1.16. The Morgan fingerprint density at radius 3 is 2.64 bits per heavy atom. The summed E-state index contributed by atoms with van der Waals surface area (Å²) >= 11 is 4.79. The Kier molecular flexibility index (Phi) is 3.41. The van der Waals surface area contributed by atoms with E-state index in [1.54, 1.807) is 12.1 Å². The number of thiocarbonyl (C=S) groups is 1. The maximum atomic E-state index is 13.3. The monoisotopic (exact) mass is 212 g/mol. The predicted octanol–water partition coefficient (Wildman–Crippen LogP) is 2.28. The molecule has 0 aliphatic rings. The Bertz CT molecular complexity index is 350. The molecule has 0 bridgehead atoms. The van der Waals surface area contributed by atoms with E-state index >= 15 is 0 Å². The zero-order valence-corrected chi connectivity index (χ0v) is 8.99. The summed E-state index contributed by atoms with van der Waals surface area (Å²) in [5, 5.41) is 3.09. The van der Waals surface area contributed by atoms with Crippen LogP contribution >= 0.6 is 12.2 Å². The maximum absolute atomic E-state index is 13.3. The molecule has 1 rings (SSSR count). The molecule has 0 atom stereocenters. The van der Waals surface area contributed by atoms with Gasteiger partial charge < -0.3 is 11.1 Å². The third kappa shape index (κ3) is 2.42. The molecule has 0 heterocycles. The topological polar surface area (TPSA) is 38.0 Å². The first-order valence-electron chi connectivity index (χ1n) is 4.37. The van der Waals surface area contributed by atoms with Crippen LogP contribution in [0.4, 0.5) is 10.1 Å². The zero-order chi connectivity index (χ0) is 10.7. The molecular weight excluding hydrogens is 199 g/mol. The van der Waals surface area contributed by atoms with Crippen LogP contribution in [0.3, 0.4) is 0 Å². The fourth-order valence-corrected chi connectivity index (χ4v) is 1.41. The molecule has 0 amide bonds. The second kappa shape index (κ2) is 4.37. The minimum absolute atomic E-state index is 0.0752. The van der Waals surface area contributed by atoms with E-state index in [2.05, 4.69) is 5.32 Å². The van der Waals surface area contributed by atoms with E-state index in [4.69, 9.17) is 18.0 Å². The smallest absolute Gasteiger partial charge is 0.135 e. The van der Waals surface area contributed by atoms with Gasteiger partial charge in [0.2, 0.25) is 0 Å². The van der Waals surface area contributed by atoms with Gasteiger partial charge in [0.25, 0.3) is 0 Å². The zero-order valence-electron chi connectivity index (χ0n) is 8.17. The van der Waals surface area contributed by atoms with Gasteiger partial charge in [-0.25, -0.2) is 4.39 Å². The van der Waals surface area contributed by atoms with Crippen molar-refractivity contribution in [2.45, 2.75) is 19.9 Å². The lowest BCUT2D eigenvalue weighted by atomic mass is 10.1. The van der Waals surface area contributed by atoms with Crippen LogP contribution in [0.2, 0.25) is 0 Å². The van der Waals surface area contributed by atoms with Gasteiger partial charge in [-0.05, 0) is 26.0 Å². The first-order valence-corrected chi connectivity index (χ1v) is 4.78. The lowest BCUT2D eigenvalue weighted by Gasteiger charge is -2.14. The number of benzene rings is 1. The molecule has 14 heavy (non-hydrogen) atoms. The lowest BCUT2D eigenvalue weighted by Crippen LogP contribution is -2.18. The molecule has 0 fully saturated rings. The molecule has 0 radical (unpaired) electrons. The number of hydrogen-bond acceptors (Lipinski definition) is 2.